The van der Waals surface area contributed by atoms with Gasteiger partial charge in [-0.25, -0.2) is 5.43 Å². The number of amides is 1. The fraction of sp³-hybridized carbons (Fsp3) is 0.553. The van der Waals surface area contributed by atoms with E-state index in [0.717, 1.165) is 46.4 Å². The van der Waals surface area contributed by atoms with Crippen molar-refractivity contribution >= 4 is 28.4 Å². The molecule has 1 amide bonds. The molecule has 5 atom stereocenters. The Bertz CT molecular complexity index is 1720. The summed E-state index contributed by atoms with van der Waals surface area (Å²) in [6.07, 6.45) is 6.66. The number of carbonyl (C=O) groups excluding carboxylic acids is 2. The van der Waals surface area contributed by atoms with Gasteiger partial charge in [-0.05, 0) is 80.5 Å². The quantitative estimate of drug-likeness (QED) is 0.365. The predicted molar refractivity (Wildman–Crippen MR) is 190 cm³/mol. The summed E-state index contributed by atoms with van der Waals surface area (Å²) in [5.74, 6) is -0.573. The summed E-state index contributed by atoms with van der Waals surface area (Å²) in [5, 5.41) is 2.69. The van der Waals surface area contributed by atoms with Gasteiger partial charge in [-0.1, -0.05) is 26.0 Å². The molecule has 1 unspecified atom stereocenters. The maximum Gasteiger partial charge on any atom is 0.324 e. The average Bonchev–Trinajstić information content (AvgIpc) is 3.41. The van der Waals surface area contributed by atoms with Crippen LogP contribution in [0.5, 0.6) is 0 Å². The van der Waals surface area contributed by atoms with Gasteiger partial charge in [-0.15, -0.1) is 0 Å². The Morgan fingerprint density at radius 3 is 2.78 bits per heavy atom. The minimum absolute atomic E-state index is 0.0925. The molecule has 11 nitrogen and oxygen atoms in total. The Kier molecular flexibility index (Phi) is 10.6. The first-order chi connectivity index (χ1) is 23.5. The van der Waals surface area contributed by atoms with Crippen LogP contribution in [0.2, 0.25) is 0 Å². The summed E-state index contributed by atoms with van der Waals surface area (Å²) in [6.45, 7) is 11.5. The van der Waals surface area contributed by atoms with Crippen LogP contribution in [0.4, 0.5) is 0 Å². The number of fused-ring (bicyclic) bond motifs is 6. The zero-order valence-corrected chi connectivity index (χ0v) is 29.8. The molecule has 6 bridgehead atoms. The van der Waals surface area contributed by atoms with Crippen LogP contribution < -0.4 is 11.2 Å². The van der Waals surface area contributed by atoms with E-state index in [0.29, 0.717) is 45.5 Å². The van der Waals surface area contributed by atoms with E-state index in [1.165, 1.54) is 16.1 Å². The van der Waals surface area contributed by atoms with Crippen molar-refractivity contribution in [3.63, 3.8) is 0 Å². The van der Waals surface area contributed by atoms with Gasteiger partial charge in [-0.2, -0.15) is 0 Å². The smallest absolute Gasteiger partial charge is 0.324 e. The summed E-state index contributed by atoms with van der Waals surface area (Å²) >= 11 is 0. The molecule has 3 aliphatic rings. The molecule has 1 saturated heterocycles. The van der Waals surface area contributed by atoms with E-state index in [2.05, 4.69) is 66.0 Å². The van der Waals surface area contributed by atoms with Gasteiger partial charge in [-0.3, -0.25) is 24.5 Å². The molecular weight excluding hydrogens is 620 g/mol. The molecule has 11 heteroatoms. The summed E-state index contributed by atoms with van der Waals surface area (Å²) in [7, 11) is 3.42. The summed E-state index contributed by atoms with van der Waals surface area (Å²) in [4.78, 5) is 34.1. The first-order valence-electron chi connectivity index (χ1n) is 17.6. The molecule has 264 valence electrons. The number of aryl methyl sites for hydroxylation is 1. The molecule has 3 N–H and O–H groups in total. The van der Waals surface area contributed by atoms with E-state index in [1.54, 1.807) is 14.2 Å². The number of carbonyl (C=O) groups is 2. The maximum atomic E-state index is 13.6. The molecule has 6 rings (SSSR count). The second-order valence-electron chi connectivity index (χ2n) is 14.5. The van der Waals surface area contributed by atoms with Gasteiger partial charge in [0, 0.05) is 74.5 Å². The highest BCUT2D eigenvalue weighted by molar-refractivity contribution is 5.95. The summed E-state index contributed by atoms with van der Waals surface area (Å²) in [5.41, 5.74) is 17.1. The number of ether oxygens (including phenoxy) is 3. The zero-order valence-electron chi connectivity index (χ0n) is 29.8. The lowest BCUT2D eigenvalue weighted by atomic mass is 9.84. The van der Waals surface area contributed by atoms with E-state index in [9.17, 15) is 9.59 Å². The van der Waals surface area contributed by atoms with Crippen molar-refractivity contribution in [1.29, 1.82) is 0 Å². The van der Waals surface area contributed by atoms with E-state index < -0.39 is 17.5 Å². The number of methoxy groups -OCH3 is 2. The number of rotatable bonds is 6. The lowest BCUT2D eigenvalue weighted by Gasteiger charge is -2.39. The molecule has 0 radical (unpaired) electrons. The number of cyclic esters (lactones) is 1. The normalized spacial score (nSPS) is 25.4. The van der Waals surface area contributed by atoms with Crippen molar-refractivity contribution in [1.82, 2.24) is 24.9 Å². The molecule has 3 aliphatic heterocycles. The van der Waals surface area contributed by atoms with E-state index in [1.807, 2.05) is 19.2 Å². The Hall–Kier alpha value is -3.61. The third-order valence-corrected chi connectivity index (χ3v) is 10.3. The van der Waals surface area contributed by atoms with E-state index in [-0.39, 0.29) is 30.6 Å². The highest BCUT2D eigenvalue weighted by Crippen LogP contribution is 2.41. The van der Waals surface area contributed by atoms with Crippen molar-refractivity contribution in [2.24, 2.45) is 11.1 Å². The molecular formula is C38H52N6O5. The highest BCUT2D eigenvalue weighted by Gasteiger charge is 2.36. The minimum atomic E-state index is -0.766. The van der Waals surface area contributed by atoms with Crippen LogP contribution in [0, 0.1) is 5.41 Å². The molecule has 1 aromatic carbocycles. The predicted octanol–water partition coefficient (Wildman–Crippen LogP) is 4.48. The molecule has 0 spiro atoms. The lowest BCUT2D eigenvalue weighted by molar-refractivity contribution is -0.155. The third kappa shape index (κ3) is 7.18. The van der Waals surface area contributed by atoms with Gasteiger partial charge in [0.1, 0.15) is 6.04 Å². The van der Waals surface area contributed by atoms with Crippen LogP contribution in [-0.2, 0) is 36.8 Å². The topological polar surface area (TPSA) is 124 Å². The van der Waals surface area contributed by atoms with Gasteiger partial charge in [0.15, 0.2) is 0 Å². The maximum absolute atomic E-state index is 13.6. The van der Waals surface area contributed by atoms with Gasteiger partial charge in [0.05, 0.1) is 36.7 Å². The van der Waals surface area contributed by atoms with E-state index >= 15 is 0 Å². The largest absolute Gasteiger partial charge is 0.464 e. The van der Waals surface area contributed by atoms with Crippen LogP contribution in [0.3, 0.4) is 0 Å². The second kappa shape index (κ2) is 14.7. The number of nitrogens with one attached hydrogen (secondary N) is 1. The lowest BCUT2D eigenvalue weighted by Crippen LogP contribution is -2.61. The Labute approximate surface area is 289 Å². The Morgan fingerprint density at radius 1 is 1.20 bits per heavy atom. The summed E-state index contributed by atoms with van der Waals surface area (Å²) in [6, 6.07) is 9.58. The third-order valence-electron chi connectivity index (χ3n) is 10.3. The first-order valence-corrected chi connectivity index (χ1v) is 17.6. The standard InChI is InChI=1S/C38H52N6O5/c1-7-43-33-15-13-25-18-29(33)30(35(43)28-10-8-16-40-34(28)24(2)48-6)19-38(3,4)23-49-37(46)32-11-9-17-44(41-32)36(45)31(39)21-42-20-26(25)12-14-27(42)22-47-5/h8,10,12-13,15-16,18,24,27,31-32,41H,7,9,11,14,17,19-23,39H2,1-6H3/t24-,27+,31-,32-/m0/s1. The van der Waals surface area contributed by atoms with E-state index in [4.69, 9.17) is 24.9 Å². The SMILES string of the molecule is CCn1c(-c2cccnc2[C@H](C)OC)c2c3cc(ccc31)C1=CC[C@H](COC)N(C1)C[C@H](N)C(=O)N1CCC[C@H](N1)C(=O)OCC(C)(C)C2. The number of nitrogens with two attached hydrogens (primary N) is 1. The van der Waals surface area contributed by atoms with Gasteiger partial charge in [0.25, 0.3) is 5.91 Å². The number of pyridine rings is 1. The number of esters is 1. The van der Waals surface area contributed by atoms with Gasteiger partial charge in [0.2, 0.25) is 0 Å². The van der Waals surface area contributed by atoms with Gasteiger partial charge < -0.3 is 24.5 Å². The molecule has 0 saturated carbocycles. The number of benzene rings is 1. The highest BCUT2D eigenvalue weighted by atomic mass is 16.5. The van der Waals surface area contributed by atoms with Crippen LogP contribution >= 0.6 is 0 Å². The Balaban J connectivity index is 1.52. The first kappa shape index (κ1) is 35.2. The number of nitrogens with zero attached hydrogens (tertiary/aromatic N) is 4. The molecule has 2 aromatic heterocycles. The van der Waals surface area contributed by atoms with Crippen molar-refractivity contribution in [2.75, 3.05) is 47.1 Å². The number of aromatic nitrogens is 2. The molecule has 49 heavy (non-hydrogen) atoms. The molecule has 0 aliphatic carbocycles. The number of hydrazine groups is 1. The molecule has 5 heterocycles. The molecule has 1 fully saturated rings. The van der Waals surface area contributed by atoms with Crippen molar-refractivity contribution in [2.45, 2.75) is 84.2 Å². The second-order valence-corrected chi connectivity index (χ2v) is 14.5. The van der Waals surface area contributed by atoms with Crippen LogP contribution in [0.25, 0.3) is 27.7 Å². The Morgan fingerprint density at radius 2 is 2.02 bits per heavy atom. The molecule has 3 aromatic rings. The minimum Gasteiger partial charge on any atom is -0.464 e. The van der Waals surface area contributed by atoms with Crippen molar-refractivity contribution < 1.29 is 23.8 Å². The average molecular weight is 673 g/mol. The van der Waals surface area contributed by atoms with Crippen LogP contribution in [0.1, 0.15) is 69.9 Å². The monoisotopic (exact) mass is 672 g/mol. The van der Waals surface area contributed by atoms with Gasteiger partial charge >= 0.3 is 5.97 Å². The summed E-state index contributed by atoms with van der Waals surface area (Å²) < 4.78 is 19.8. The van der Waals surface area contributed by atoms with Crippen LogP contribution in [0.15, 0.2) is 42.6 Å². The fourth-order valence-corrected chi connectivity index (χ4v) is 7.66. The van der Waals surface area contributed by atoms with Crippen molar-refractivity contribution in [3.05, 3.63) is 59.4 Å². The van der Waals surface area contributed by atoms with Crippen molar-refractivity contribution in [3.8, 4) is 11.3 Å². The fourth-order valence-electron chi connectivity index (χ4n) is 7.66. The number of hydrogen-bond acceptors (Lipinski definition) is 9. The zero-order chi connectivity index (χ0) is 34.9. The number of hydrogen-bond donors (Lipinski definition) is 2. The van der Waals surface area contributed by atoms with Crippen LogP contribution in [-0.4, -0.2) is 96.5 Å².